The Kier molecular flexibility index (Phi) is 4.35. The highest BCUT2D eigenvalue weighted by atomic mass is 16.1. The third kappa shape index (κ3) is 3.28. The van der Waals surface area contributed by atoms with Crippen molar-refractivity contribution in [2.24, 2.45) is 0 Å². The molecule has 1 N–H and O–H groups in total. The molecule has 0 aliphatic heterocycles. The van der Waals surface area contributed by atoms with E-state index in [2.05, 4.69) is 20.3 Å². The molecule has 0 spiro atoms. The van der Waals surface area contributed by atoms with Crippen LogP contribution < -0.4 is 5.32 Å². The first-order valence-electron chi connectivity index (χ1n) is 8.29. The monoisotopic (exact) mass is 340 g/mol. The van der Waals surface area contributed by atoms with Gasteiger partial charge in [-0.1, -0.05) is 30.3 Å². The van der Waals surface area contributed by atoms with Gasteiger partial charge in [0.05, 0.1) is 22.5 Å². The Bertz CT molecular complexity index is 996. The molecular weight excluding hydrogens is 324 g/mol. The van der Waals surface area contributed by atoms with Crippen LogP contribution in [0.5, 0.6) is 0 Å². The molecule has 0 aliphatic carbocycles. The fourth-order valence-electron chi connectivity index (χ4n) is 2.80. The molecule has 3 aromatic heterocycles. The van der Waals surface area contributed by atoms with E-state index in [1.54, 1.807) is 18.6 Å². The minimum absolute atomic E-state index is 0.218. The van der Waals surface area contributed by atoms with Crippen molar-refractivity contribution in [3.05, 3.63) is 102 Å². The topological polar surface area (TPSA) is 67.8 Å². The van der Waals surface area contributed by atoms with E-state index in [1.165, 1.54) is 0 Å². The van der Waals surface area contributed by atoms with Crippen molar-refractivity contribution in [1.29, 1.82) is 0 Å². The van der Waals surface area contributed by atoms with Gasteiger partial charge in [0.15, 0.2) is 0 Å². The molecule has 1 aromatic carbocycles. The molecule has 4 rings (SSSR count). The van der Waals surface area contributed by atoms with Gasteiger partial charge in [-0.15, -0.1) is 0 Å². The van der Waals surface area contributed by atoms with E-state index in [1.807, 2.05) is 66.7 Å². The van der Waals surface area contributed by atoms with E-state index < -0.39 is 6.04 Å². The predicted molar refractivity (Wildman–Crippen MR) is 99.5 cm³/mol. The number of hydrogen-bond acceptors (Lipinski definition) is 4. The van der Waals surface area contributed by atoms with Crippen molar-refractivity contribution >= 4 is 16.8 Å². The Morgan fingerprint density at radius 1 is 0.808 bits per heavy atom. The quantitative estimate of drug-likeness (QED) is 0.617. The number of fused-ring (bicyclic) bond motifs is 1. The van der Waals surface area contributed by atoms with Crippen LogP contribution in [0, 0.1) is 0 Å². The van der Waals surface area contributed by atoms with E-state index >= 15 is 0 Å². The number of rotatable bonds is 4. The number of nitrogens with one attached hydrogen (secondary N) is 1. The number of amides is 1. The number of nitrogens with zero attached hydrogens (tertiary/aromatic N) is 3. The van der Waals surface area contributed by atoms with Crippen LogP contribution in [0.2, 0.25) is 0 Å². The molecule has 0 bridgehead atoms. The average molecular weight is 340 g/mol. The molecule has 3 heterocycles. The van der Waals surface area contributed by atoms with Crippen LogP contribution >= 0.6 is 0 Å². The summed E-state index contributed by atoms with van der Waals surface area (Å²) in [6, 6.07) is 20.3. The molecule has 0 radical (unpaired) electrons. The molecule has 0 saturated carbocycles. The zero-order valence-corrected chi connectivity index (χ0v) is 13.9. The molecule has 4 aromatic rings. The fraction of sp³-hybridized carbons (Fsp3) is 0.0476. The van der Waals surface area contributed by atoms with Gasteiger partial charge >= 0.3 is 0 Å². The van der Waals surface area contributed by atoms with Crippen molar-refractivity contribution in [3.8, 4) is 0 Å². The van der Waals surface area contributed by atoms with Crippen LogP contribution in [0.1, 0.15) is 27.8 Å². The van der Waals surface area contributed by atoms with Crippen LogP contribution in [0.15, 0.2) is 85.3 Å². The van der Waals surface area contributed by atoms with Gasteiger partial charge in [-0.3, -0.25) is 19.7 Å². The minimum atomic E-state index is -0.434. The largest absolute Gasteiger partial charge is 0.338 e. The highest BCUT2D eigenvalue weighted by Crippen LogP contribution is 2.19. The van der Waals surface area contributed by atoms with Crippen LogP contribution in [0.4, 0.5) is 0 Å². The summed E-state index contributed by atoms with van der Waals surface area (Å²) in [4.78, 5) is 26.0. The van der Waals surface area contributed by atoms with Crippen LogP contribution in [0.3, 0.4) is 0 Å². The molecule has 5 heteroatoms. The van der Waals surface area contributed by atoms with Gasteiger partial charge in [-0.25, -0.2) is 0 Å². The molecule has 0 aliphatic rings. The normalized spacial score (nSPS) is 10.8. The molecule has 0 fully saturated rings. The van der Waals surface area contributed by atoms with Crippen LogP contribution in [-0.2, 0) is 0 Å². The number of para-hydroxylation sites is 1. The van der Waals surface area contributed by atoms with Crippen LogP contribution in [-0.4, -0.2) is 20.9 Å². The first-order chi connectivity index (χ1) is 12.8. The standard InChI is InChI=1S/C21H16N4O/c26-21(16-13-15-7-1-2-8-17(15)24-14-16)25-20(18-9-3-5-11-22-18)19-10-4-6-12-23-19/h1-14,20H,(H,25,26). The second kappa shape index (κ2) is 7.11. The summed E-state index contributed by atoms with van der Waals surface area (Å²) in [6.07, 6.45) is 5.00. The lowest BCUT2D eigenvalue weighted by atomic mass is 10.1. The SMILES string of the molecule is O=C(NC(c1ccccn1)c1ccccn1)c1cnc2ccccc2c1. The molecule has 5 nitrogen and oxygen atoms in total. The number of hydrogen-bond donors (Lipinski definition) is 1. The van der Waals surface area contributed by atoms with Gasteiger partial charge in [-0.05, 0) is 36.4 Å². The number of carbonyl (C=O) groups is 1. The molecule has 1 amide bonds. The summed E-state index contributed by atoms with van der Waals surface area (Å²) in [5, 5.41) is 3.95. The maximum Gasteiger partial charge on any atom is 0.253 e. The first kappa shape index (κ1) is 15.9. The zero-order valence-electron chi connectivity index (χ0n) is 13.9. The Balaban J connectivity index is 1.67. The fourth-order valence-corrected chi connectivity index (χ4v) is 2.80. The van der Waals surface area contributed by atoms with E-state index in [0.717, 1.165) is 22.3 Å². The lowest BCUT2D eigenvalue weighted by Gasteiger charge is -2.18. The Morgan fingerprint density at radius 3 is 2.12 bits per heavy atom. The van der Waals surface area contributed by atoms with Gasteiger partial charge in [0.1, 0.15) is 6.04 Å². The maximum atomic E-state index is 12.8. The number of pyridine rings is 3. The third-order valence-corrected chi connectivity index (χ3v) is 4.10. The third-order valence-electron chi connectivity index (χ3n) is 4.10. The summed E-state index contributed by atoms with van der Waals surface area (Å²) in [5.41, 5.74) is 2.82. The summed E-state index contributed by atoms with van der Waals surface area (Å²) < 4.78 is 0. The average Bonchev–Trinajstić information content (AvgIpc) is 2.72. The summed E-state index contributed by atoms with van der Waals surface area (Å²) in [6.45, 7) is 0. The van der Waals surface area contributed by atoms with Crippen molar-refractivity contribution in [3.63, 3.8) is 0 Å². The van der Waals surface area contributed by atoms with E-state index in [4.69, 9.17) is 0 Å². The van der Waals surface area contributed by atoms with Crippen molar-refractivity contribution < 1.29 is 4.79 Å². The van der Waals surface area contributed by atoms with E-state index in [-0.39, 0.29) is 5.91 Å². The molecule has 26 heavy (non-hydrogen) atoms. The Hall–Kier alpha value is -3.60. The summed E-state index contributed by atoms with van der Waals surface area (Å²) in [5.74, 6) is -0.218. The molecular formula is C21H16N4O. The second-order valence-corrected chi connectivity index (χ2v) is 5.83. The smallest absolute Gasteiger partial charge is 0.253 e. The molecule has 126 valence electrons. The molecule has 0 atom stereocenters. The first-order valence-corrected chi connectivity index (χ1v) is 8.29. The lowest BCUT2D eigenvalue weighted by molar-refractivity contribution is 0.0941. The molecule has 0 saturated heterocycles. The Morgan fingerprint density at radius 2 is 1.46 bits per heavy atom. The predicted octanol–water partition coefficient (Wildman–Crippen LogP) is 3.54. The van der Waals surface area contributed by atoms with E-state index in [9.17, 15) is 4.79 Å². The molecule has 0 unspecified atom stereocenters. The minimum Gasteiger partial charge on any atom is -0.338 e. The highest BCUT2D eigenvalue weighted by Gasteiger charge is 2.20. The number of aromatic nitrogens is 3. The summed E-state index contributed by atoms with van der Waals surface area (Å²) in [7, 11) is 0. The summed E-state index contributed by atoms with van der Waals surface area (Å²) >= 11 is 0. The number of benzene rings is 1. The van der Waals surface area contributed by atoms with Gasteiger partial charge in [-0.2, -0.15) is 0 Å². The van der Waals surface area contributed by atoms with Crippen molar-refractivity contribution in [2.75, 3.05) is 0 Å². The van der Waals surface area contributed by atoms with Gasteiger partial charge < -0.3 is 5.32 Å². The van der Waals surface area contributed by atoms with Gasteiger partial charge in [0.2, 0.25) is 0 Å². The second-order valence-electron chi connectivity index (χ2n) is 5.83. The number of carbonyl (C=O) groups excluding carboxylic acids is 1. The maximum absolute atomic E-state index is 12.8. The Labute approximate surface area is 150 Å². The zero-order chi connectivity index (χ0) is 17.8. The highest BCUT2D eigenvalue weighted by molar-refractivity contribution is 5.97. The lowest BCUT2D eigenvalue weighted by Crippen LogP contribution is -2.30. The van der Waals surface area contributed by atoms with Crippen molar-refractivity contribution in [2.45, 2.75) is 6.04 Å². The van der Waals surface area contributed by atoms with Gasteiger partial charge in [0, 0.05) is 24.0 Å². The van der Waals surface area contributed by atoms with Crippen LogP contribution in [0.25, 0.3) is 10.9 Å². The van der Waals surface area contributed by atoms with E-state index in [0.29, 0.717) is 5.56 Å². The van der Waals surface area contributed by atoms with Crippen molar-refractivity contribution in [1.82, 2.24) is 20.3 Å². The van der Waals surface area contributed by atoms with Gasteiger partial charge in [0.25, 0.3) is 5.91 Å².